The van der Waals surface area contributed by atoms with Crippen LogP contribution in [0.1, 0.15) is 32.0 Å². The second-order valence-corrected chi connectivity index (χ2v) is 7.98. The Morgan fingerprint density at radius 1 is 1.23 bits per heavy atom. The first-order valence-corrected chi connectivity index (χ1v) is 10.1. The largest absolute Gasteiger partial charge is 0.479 e. The zero-order valence-electron chi connectivity index (χ0n) is 17.5. The molecule has 4 heterocycles. The molecule has 1 aromatic carbocycles. The molecule has 3 aromatic heterocycles. The summed E-state index contributed by atoms with van der Waals surface area (Å²) in [7, 11) is 0. The van der Waals surface area contributed by atoms with Gasteiger partial charge in [-0.1, -0.05) is 5.21 Å². The van der Waals surface area contributed by atoms with Crippen molar-refractivity contribution in [1.82, 2.24) is 29.8 Å². The normalized spacial score (nSPS) is 14.5. The molecule has 0 spiro atoms. The van der Waals surface area contributed by atoms with Gasteiger partial charge < -0.3 is 10.5 Å². The van der Waals surface area contributed by atoms with Crippen LogP contribution in [0.4, 0.5) is 10.2 Å². The zero-order valence-corrected chi connectivity index (χ0v) is 17.5. The number of anilines is 1. The van der Waals surface area contributed by atoms with E-state index in [1.54, 1.807) is 18.5 Å². The van der Waals surface area contributed by atoms with Crippen LogP contribution in [0.15, 0.2) is 42.7 Å². The number of nitrogen functional groups attached to an aromatic ring is 1. The van der Waals surface area contributed by atoms with Crippen LogP contribution in [-0.2, 0) is 18.7 Å². The third-order valence-electron chi connectivity index (χ3n) is 5.55. The number of hydrogen-bond acceptors (Lipinski definition) is 6. The summed E-state index contributed by atoms with van der Waals surface area (Å²) in [6, 6.07) is 8.41. The molecule has 1 aliphatic heterocycles. The van der Waals surface area contributed by atoms with Crippen LogP contribution in [0, 0.1) is 5.82 Å². The van der Waals surface area contributed by atoms with E-state index in [0.29, 0.717) is 24.4 Å². The van der Waals surface area contributed by atoms with Gasteiger partial charge in [0.25, 0.3) is 0 Å². The van der Waals surface area contributed by atoms with Crippen molar-refractivity contribution < 1.29 is 9.13 Å². The lowest BCUT2D eigenvalue weighted by molar-refractivity contribution is 0.109. The number of nitrogens with zero attached hydrogens (tertiary/aromatic N) is 6. The van der Waals surface area contributed by atoms with Crippen LogP contribution >= 0.6 is 0 Å². The number of fused-ring (bicyclic) bond motifs is 7. The summed E-state index contributed by atoms with van der Waals surface area (Å²) in [6.07, 6.45) is 3.41. The fourth-order valence-corrected chi connectivity index (χ4v) is 4.06. The van der Waals surface area contributed by atoms with Crippen molar-refractivity contribution in [2.24, 2.45) is 0 Å². The van der Waals surface area contributed by atoms with E-state index < -0.39 is 5.60 Å². The number of aromatic nitrogens is 6. The van der Waals surface area contributed by atoms with E-state index >= 15 is 0 Å². The minimum Gasteiger partial charge on any atom is -0.479 e. The maximum absolute atomic E-state index is 14.3. The Morgan fingerprint density at radius 2 is 2.06 bits per heavy atom. The van der Waals surface area contributed by atoms with Gasteiger partial charge in [-0.15, -0.1) is 5.10 Å². The summed E-state index contributed by atoms with van der Waals surface area (Å²) in [5.41, 5.74) is 9.94. The topological polar surface area (TPSA) is 96.7 Å². The van der Waals surface area contributed by atoms with Crippen LogP contribution in [0.5, 0.6) is 5.75 Å². The number of nitrogens with two attached hydrogens (primary N) is 1. The Bertz CT molecular complexity index is 1290. The Balaban J connectivity index is 1.83. The molecule has 1 aliphatic rings. The van der Waals surface area contributed by atoms with Crippen LogP contribution in [0.2, 0.25) is 0 Å². The van der Waals surface area contributed by atoms with Crippen molar-refractivity contribution in [2.45, 2.75) is 39.5 Å². The van der Waals surface area contributed by atoms with Crippen molar-refractivity contribution in [2.75, 3.05) is 5.73 Å². The van der Waals surface area contributed by atoms with E-state index in [0.717, 1.165) is 28.2 Å². The van der Waals surface area contributed by atoms with Gasteiger partial charge in [0.2, 0.25) is 0 Å². The van der Waals surface area contributed by atoms with E-state index in [1.807, 2.05) is 42.3 Å². The third-order valence-corrected chi connectivity index (χ3v) is 5.55. The second-order valence-electron chi connectivity index (χ2n) is 7.98. The zero-order chi connectivity index (χ0) is 21.8. The summed E-state index contributed by atoms with van der Waals surface area (Å²) >= 11 is 0. The van der Waals surface area contributed by atoms with Gasteiger partial charge in [-0.2, -0.15) is 5.10 Å². The highest BCUT2D eigenvalue weighted by Gasteiger charge is 2.30. The van der Waals surface area contributed by atoms with E-state index in [4.69, 9.17) is 10.5 Å². The van der Waals surface area contributed by atoms with Crippen LogP contribution in [-0.4, -0.2) is 29.8 Å². The number of hydrogen-bond donors (Lipinski definition) is 1. The molecule has 31 heavy (non-hydrogen) atoms. The molecule has 0 unspecified atom stereocenters. The maximum atomic E-state index is 14.3. The summed E-state index contributed by atoms with van der Waals surface area (Å²) < 4.78 is 24.3. The average molecular weight is 419 g/mol. The second kappa shape index (κ2) is 6.90. The lowest BCUT2D eigenvalue weighted by Crippen LogP contribution is -2.27. The molecule has 0 saturated carbocycles. The first-order valence-electron chi connectivity index (χ1n) is 10.1. The molecular formula is C22H22FN7O. The molecule has 158 valence electrons. The van der Waals surface area contributed by atoms with Gasteiger partial charge in [0, 0.05) is 35.6 Å². The fourth-order valence-electron chi connectivity index (χ4n) is 4.06. The summed E-state index contributed by atoms with van der Waals surface area (Å²) in [5, 5.41) is 13.2. The number of rotatable bonds is 1. The molecule has 0 amide bonds. The number of ether oxygens (including phenoxy) is 1. The SMILES string of the molecule is CCn1nnc2c1-c1cnc(N)c(c1)OC(C)(C)c1cc(F)ccc1-c1ccnn1C2. The van der Waals surface area contributed by atoms with Gasteiger partial charge >= 0.3 is 0 Å². The van der Waals surface area contributed by atoms with Crippen molar-refractivity contribution >= 4 is 5.82 Å². The molecule has 0 aliphatic carbocycles. The Labute approximate surface area is 178 Å². The molecule has 4 aromatic rings. The van der Waals surface area contributed by atoms with E-state index in [1.165, 1.54) is 12.1 Å². The monoisotopic (exact) mass is 419 g/mol. The summed E-state index contributed by atoms with van der Waals surface area (Å²) in [4.78, 5) is 4.34. The van der Waals surface area contributed by atoms with Crippen LogP contribution in [0.25, 0.3) is 22.5 Å². The standard InChI is InChI=1S/C22H22FN7O/c1-4-29-20-13-9-19(21(24)25-11-13)31-22(2,3)16-10-14(23)5-6-15(16)18-7-8-26-30(18)12-17(20)27-28-29/h5-11H,4,12H2,1-3H3,(H2,24,25). The molecule has 0 radical (unpaired) electrons. The molecule has 0 saturated heterocycles. The molecule has 2 N–H and O–H groups in total. The third kappa shape index (κ3) is 3.13. The summed E-state index contributed by atoms with van der Waals surface area (Å²) in [6.45, 7) is 6.80. The Hall–Kier alpha value is -3.75. The first-order chi connectivity index (χ1) is 14.9. The van der Waals surface area contributed by atoms with Crippen molar-refractivity contribution in [3.8, 4) is 28.3 Å². The molecule has 2 bridgehead atoms. The minimum absolute atomic E-state index is 0.258. The molecule has 0 fully saturated rings. The quantitative estimate of drug-likeness (QED) is 0.506. The van der Waals surface area contributed by atoms with Gasteiger partial charge in [-0.25, -0.2) is 14.1 Å². The molecule has 9 heteroatoms. The maximum Gasteiger partial charge on any atom is 0.166 e. The van der Waals surface area contributed by atoms with Gasteiger partial charge in [-0.05, 0) is 51.1 Å². The highest BCUT2D eigenvalue weighted by Crippen LogP contribution is 2.39. The molecule has 8 nitrogen and oxygen atoms in total. The van der Waals surface area contributed by atoms with Crippen molar-refractivity contribution in [3.63, 3.8) is 0 Å². The smallest absolute Gasteiger partial charge is 0.166 e. The van der Waals surface area contributed by atoms with Gasteiger partial charge in [0.1, 0.15) is 17.1 Å². The van der Waals surface area contributed by atoms with Gasteiger partial charge in [0.15, 0.2) is 11.6 Å². The highest BCUT2D eigenvalue weighted by molar-refractivity contribution is 5.69. The number of benzene rings is 1. The highest BCUT2D eigenvalue weighted by atomic mass is 19.1. The van der Waals surface area contributed by atoms with Gasteiger partial charge in [0.05, 0.1) is 17.9 Å². The van der Waals surface area contributed by atoms with E-state index in [9.17, 15) is 4.39 Å². The lowest BCUT2D eigenvalue weighted by atomic mass is 9.91. The number of pyridine rings is 1. The van der Waals surface area contributed by atoms with Crippen LogP contribution in [0.3, 0.4) is 0 Å². The summed E-state index contributed by atoms with van der Waals surface area (Å²) in [5.74, 6) is 0.331. The predicted molar refractivity (Wildman–Crippen MR) is 114 cm³/mol. The number of aryl methyl sites for hydroxylation is 1. The molecule has 5 rings (SSSR count). The van der Waals surface area contributed by atoms with E-state index in [-0.39, 0.29) is 11.6 Å². The Kier molecular flexibility index (Phi) is 4.28. The fraction of sp³-hybridized carbons (Fsp3) is 0.273. The minimum atomic E-state index is -0.897. The predicted octanol–water partition coefficient (Wildman–Crippen LogP) is 3.62. The van der Waals surface area contributed by atoms with Crippen LogP contribution < -0.4 is 10.5 Å². The molecular weight excluding hydrogens is 397 g/mol. The van der Waals surface area contributed by atoms with Crippen molar-refractivity contribution in [1.29, 1.82) is 0 Å². The van der Waals surface area contributed by atoms with Crippen molar-refractivity contribution in [3.05, 3.63) is 59.8 Å². The molecule has 0 atom stereocenters. The Morgan fingerprint density at radius 3 is 2.87 bits per heavy atom. The number of halogens is 1. The first kappa shape index (κ1) is 19.2. The average Bonchev–Trinajstić information content (AvgIpc) is 3.36. The van der Waals surface area contributed by atoms with Gasteiger partial charge in [-0.3, -0.25) is 4.68 Å². The van der Waals surface area contributed by atoms with E-state index in [2.05, 4.69) is 20.4 Å². The lowest BCUT2D eigenvalue weighted by Gasteiger charge is -2.30.